The summed E-state index contributed by atoms with van der Waals surface area (Å²) in [7, 11) is 0. The van der Waals surface area contributed by atoms with Crippen molar-refractivity contribution in [3.05, 3.63) is 68.7 Å². The molecule has 0 aliphatic rings. The Morgan fingerprint density at radius 3 is 2.45 bits per heavy atom. The van der Waals surface area contributed by atoms with Crippen molar-refractivity contribution in [3.63, 3.8) is 0 Å². The molecule has 0 unspecified atom stereocenters. The molecule has 0 bridgehead atoms. The summed E-state index contributed by atoms with van der Waals surface area (Å²) in [6.45, 7) is -0.167. The van der Waals surface area contributed by atoms with Gasteiger partial charge in [0, 0.05) is 24.2 Å². The first kappa shape index (κ1) is 14.2. The number of hydrogen-bond donors (Lipinski definition) is 1. The van der Waals surface area contributed by atoms with E-state index < -0.39 is 16.6 Å². The van der Waals surface area contributed by atoms with Crippen LogP contribution in [0.3, 0.4) is 0 Å². The van der Waals surface area contributed by atoms with E-state index in [4.69, 9.17) is 11.6 Å². The van der Waals surface area contributed by atoms with Crippen molar-refractivity contribution in [1.82, 2.24) is 0 Å². The van der Waals surface area contributed by atoms with Crippen LogP contribution in [0.1, 0.15) is 5.56 Å². The van der Waals surface area contributed by atoms with Gasteiger partial charge in [-0.3, -0.25) is 10.1 Å². The third-order valence-electron chi connectivity index (χ3n) is 2.68. The van der Waals surface area contributed by atoms with E-state index >= 15 is 0 Å². The number of benzene rings is 2. The first-order valence-electron chi connectivity index (χ1n) is 5.59. The first-order valence-corrected chi connectivity index (χ1v) is 5.97. The number of hydrogen-bond acceptors (Lipinski definition) is 3. The average Bonchev–Trinajstić information content (AvgIpc) is 2.39. The molecular formula is C13H9ClF2N2O2. The predicted molar refractivity (Wildman–Crippen MR) is 71.8 cm³/mol. The fraction of sp³-hybridized carbons (Fsp3) is 0.0769. The minimum Gasteiger partial charge on any atom is -0.379 e. The third kappa shape index (κ3) is 3.03. The largest absolute Gasteiger partial charge is 0.379 e. The standard InChI is InChI=1S/C13H9ClF2N2O2/c14-10-5-4-8(18(19)20)6-13(10)17-7-9-11(15)2-1-3-12(9)16/h1-6,17H,7H2. The maximum absolute atomic E-state index is 13.4. The van der Waals surface area contributed by atoms with Gasteiger partial charge in [0.1, 0.15) is 11.6 Å². The molecule has 0 radical (unpaired) electrons. The Bertz CT molecular complexity index is 645. The molecular weight excluding hydrogens is 290 g/mol. The van der Waals surface area contributed by atoms with Gasteiger partial charge in [-0.05, 0) is 18.2 Å². The lowest BCUT2D eigenvalue weighted by molar-refractivity contribution is -0.384. The molecule has 20 heavy (non-hydrogen) atoms. The Labute approximate surface area is 118 Å². The van der Waals surface area contributed by atoms with Crippen molar-refractivity contribution >= 4 is 23.0 Å². The van der Waals surface area contributed by atoms with Crippen molar-refractivity contribution in [2.24, 2.45) is 0 Å². The zero-order valence-electron chi connectivity index (χ0n) is 10.1. The molecule has 104 valence electrons. The van der Waals surface area contributed by atoms with Crippen molar-refractivity contribution in [2.75, 3.05) is 5.32 Å². The van der Waals surface area contributed by atoms with E-state index in [-0.39, 0.29) is 28.5 Å². The summed E-state index contributed by atoms with van der Waals surface area (Å²) in [6.07, 6.45) is 0. The molecule has 0 atom stereocenters. The van der Waals surface area contributed by atoms with E-state index in [2.05, 4.69) is 5.32 Å². The first-order chi connectivity index (χ1) is 9.49. The summed E-state index contributed by atoms with van der Waals surface area (Å²) in [5.74, 6) is -1.39. The number of nitro groups is 1. The Balaban J connectivity index is 2.23. The highest BCUT2D eigenvalue weighted by molar-refractivity contribution is 6.33. The molecule has 0 spiro atoms. The molecule has 0 saturated carbocycles. The molecule has 2 aromatic rings. The highest BCUT2D eigenvalue weighted by atomic mass is 35.5. The minimum absolute atomic E-state index is 0.157. The maximum atomic E-state index is 13.4. The van der Waals surface area contributed by atoms with Gasteiger partial charge in [0.15, 0.2) is 0 Å². The highest BCUT2D eigenvalue weighted by Gasteiger charge is 2.12. The fourth-order valence-electron chi connectivity index (χ4n) is 1.65. The number of nitrogens with one attached hydrogen (secondary N) is 1. The van der Waals surface area contributed by atoms with Crippen LogP contribution in [0.4, 0.5) is 20.2 Å². The lowest BCUT2D eigenvalue weighted by atomic mass is 10.2. The number of halogens is 3. The third-order valence-corrected chi connectivity index (χ3v) is 3.01. The Kier molecular flexibility index (Phi) is 4.14. The van der Waals surface area contributed by atoms with Gasteiger partial charge in [0.05, 0.1) is 15.6 Å². The number of nitro benzene ring substituents is 1. The lowest BCUT2D eigenvalue weighted by Gasteiger charge is -2.09. The summed E-state index contributed by atoms with van der Waals surface area (Å²) < 4.78 is 26.9. The molecule has 0 aliphatic carbocycles. The van der Waals surface area contributed by atoms with Crippen LogP contribution >= 0.6 is 11.6 Å². The molecule has 0 amide bonds. The van der Waals surface area contributed by atoms with E-state index in [1.165, 1.54) is 24.3 Å². The SMILES string of the molecule is O=[N+]([O-])c1ccc(Cl)c(NCc2c(F)cccc2F)c1. The molecule has 4 nitrogen and oxygen atoms in total. The number of nitrogens with zero attached hydrogens (tertiary/aromatic N) is 1. The van der Waals surface area contributed by atoms with Crippen LogP contribution in [-0.4, -0.2) is 4.92 Å². The van der Waals surface area contributed by atoms with Gasteiger partial charge in [-0.15, -0.1) is 0 Å². The summed E-state index contributed by atoms with van der Waals surface area (Å²) in [6, 6.07) is 7.33. The van der Waals surface area contributed by atoms with Gasteiger partial charge in [-0.25, -0.2) is 8.78 Å². The van der Waals surface area contributed by atoms with Crippen LogP contribution in [0.25, 0.3) is 0 Å². The van der Waals surface area contributed by atoms with E-state index in [0.717, 1.165) is 12.1 Å². The van der Waals surface area contributed by atoms with Gasteiger partial charge in [0.2, 0.25) is 0 Å². The lowest BCUT2D eigenvalue weighted by Crippen LogP contribution is -2.05. The molecule has 0 aromatic heterocycles. The van der Waals surface area contributed by atoms with Crippen molar-refractivity contribution < 1.29 is 13.7 Å². The fourth-order valence-corrected chi connectivity index (χ4v) is 1.83. The quantitative estimate of drug-likeness (QED) is 0.682. The summed E-state index contributed by atoms with van der Waals surface area (Å²) in [5.41, 5.74) is -0.0792. The normalized spacial score (nSPS) is 10.3. The van der Waals surface area contributed by atoms with Gasteiger partial charge >= 0.3 is 0 Å². The second-order valence-electron chi connectivity index (χ2n) is 3.98. The second-order valence-corrected chi connectivity index (χ2v) is 4.38. The second kappa shape index (κ2) is 5.83. The minimum atomic E-state index is -0.695. The monoisotopic (exact) mass is 298 g/mol. The highest BCUT2D eigenvalue weighted by Crippen LogP contribution is 2.27. The Hall–Kier alpha value is -2.21. The topological polar surface area (TPSA) is 55.2 Å². The molecule has 2 aromatic carbocycles. The molecule has 0 heterocycles. The van der Waals surface area contributed by atoms with Gasteiger partial charge in [0.25, 0.3) is 5.69 Å². The average molecular weight is 299 g/mol. The van der Waals surface area contributed by atoms with Gasteiger partial charge in [-0.2, -0.15) is 0 Å². The smallest absolute Gasteiger partial charge is 0.271 e. The molecule has 0 aliphatic heterocycles. The zero-order chi connectivity index (χ0) is 14.7. The van der Waals surface area contributed by atoms with Crippen LogP contribution < -0.4 is 5.32 Å². The molecule has 2 rings (SSSR count). The predicted octanol–water partition coefficient (Wildman–Crippen LogP) is 4.14. The van der Waals surface area contributed by atoms with Gasteiger partial charge in [-0.1, -0.05) is 17.7 Å². The molecule has 1 N–H and O–H groups in total. The van der Waals surface area contributed by atoms with Crippen molar-refractivity contribution in [2.45, 2.75) is 6.54 Å². The summed E-state index contributed by atoms with van der Waals surface area (Å²) in [5, 5.41) is 13.6. The van der Waals surface area contributed by atoms with E-state index in [1.54, 1.807) is 0 Å². The van der Waals surface area contributed by atoms with E-state index in [0.29, 0.717) is 0 Å². The van der Waals surface area contributed by atoms with Crippen LogP contribution in [0, 0.1) is 21.7 Å². The molecule has 0 saturated heterocycles. The van der Waals surface area contributed by atoms with E-state index in [9.17, 15) is 18.9 Å². The van der Waals surface area contributed by atoms with E-state index in [1.807, 2.05) is 0 Å². The van der Waals surface area contributed by atoms with Crippen LogP contribution in [0.15, 0.2) is 36.4 Å². The Morgan fingerprint density at radius 1 is 1.20 bits per heavy atom. The van der Waals surface area contributed by atoms with Crippen molar-refractivity contribution in [3.8, 4) is 0 Å². The van der Waals surface area contributed by atoms with Gasteiger partial charge < -0.3 is 5.32 Å². The number of anilines is 1. The maximum Gasteiger partial charge on any atom is 0.271 e. The molecule has 7 heteroatoms. The summed E-state index contributed by atoms with van der Waals surface area (Å²) in [4.78, 5) is 10.1. The van der Waals surface area contributed by atoms with Crippen LogP contribution in [-0.2, 0) is 6.54 Å². The summed E-state index contributed by atoms with van der Waals surface area (Å²) >= 11 is 5.87. The Morgan fingerprint density at radius 2 is 1.85 bits per heavy atom. The van der Waals surface area contributed by atoms with Crippen LogP contribution in [0.5, 0.6) is 0 Å². The zero-order valence-corrected chi connectivity index (χ0v) is 10.8. The number of rotatable bonds is 4. The number of non-ortho nitro benzene ring substituents is 1. The van der Waals surface area contributed by atoms with Crippen LogP contribution in [0.2, 0.25) is 5.02 Å². The molecule has 0 fully saturated rings. The van der Waals surface area contributed by atoms with Crippen molar-refractivity contribution in [1.29, 1.82) is 0 Å².